The van der Waals surface area contributed by atoms with Crippen LogP contribution in [0.1, 0.15) is 28.7 Å². The number of hydrogen-bond donors (Lipinski definition) is 1. The molecule has 0 bridgehead atoms. The van der Waals surface area contributed by atoms with E-state index in [1.54, 1.807) is 6.07 Å². The van der Waals surface area contributed by atoms with E-state index >= 15 is 0 Å². The van der Waals surface area contributed by atoms with Gasteiger partial charge >= 0.3 is 5.97 Å². The molecule has 6 heteroatoms. The maximum atomic E-state index is 13.8. The van der Waals surface area contributed by atoms with Crippen LogP contribution in [0.15, 0.2) is 18.2 Å². The number of nitrogens with zero attached hydrogens (tertiary/aromatic N) is 1. The van der Waals surface area contributed by atoms with Gasteiger partial charge in [-0.2, -0.15) is 0 Å². The predicted octanol–water partition coefficient (Wildman–Crippen LogP) is 4.25. The zero-order valence-corrected chi connectivity index (χ0v) is 11.7. The van der Waals surface area contributed by atoms with Crippen molar-refractivity contribution in [3.05, 3.63) is 39.6 Å². The second-order valence-electron chi connectivity index (χ2n) is 3.95. The standard InChI is InChI=1S/C13H11ClFNO2S/c1-2-4-9-11(13(17)18)19-12(16-9)10-7(14)5-3-6-8(10)15/h3,5-6H,2,4H2,1H3,(H,17,18). The fourth-order valence-electron chi connectivity index (χ4n) is 1.73. The molecule has 0 atom stereocenters. The largest absolute Gasteiger partial charge is 0.477 e. The average molecular weight is 300 g/mol. The summed E-state index contributed by atoms with van der Waals surface area (Å²) in [6, 6.07) is 4.34. The third kappa shape index (κ3) is 2.77. The molecule has 1 N–H and O–H groups in total. The number of benzene rings is 1. The molecule has 0 aliphatic heterocycles. The van der Waals surface area contributed by atoms with Crippen molar-refractivity contribution in [1.82, 2.24) is 4.98 Å². The number of aryl methyl sites for hydroxylation is 1. The van der Waals surface area contributed by atoms with Crippen LogP contribution in [0.5, 0.6) is 0 Å². The summed E-state index contributed by atoms with van der Waals surface area (Å²) in [7, 11) is 0. The van der Waals surface area contributed by atoms with Gasteiger partial charge in [-0.05, 0) is 18.6 Å². The SMILES string of the molecule is CCCc1nc(-c2c(F)cccc2Cl)sc1C(=O)O. The maximum absolute atomic E-state index is 13.8. The minimum atomic E-state index is -1.04. The number of hydrogen-bond acceptors (Lipinski definition) is 3. The monoisotopic (exact) mass is 299 g/mol. The molecule has 1 aromatic heterocycles. The Bertz CT molecular complexity index is 607. The van der Waals surface area contributed by atoms with Crippen molar-refractivity contribution < 1.29 is 14.3 Å². The molecule has 1 aromatic carbocycles. The molecule has 0 radical (unpaired) electrons. The first-order chi connectivity index (χ1) is 9.04. The van der Waals surface area contributed by atoms with Gasteiger partial charge in [0.2, 0.25) is 0 Å². The van der Waals surface area contributed by atoms with Gasteiger partial charge in [-0.25, -0.2) is 14.2 Å². The molecule has 100 valence electrons. The van der Waals surface area contributed by atoms with Crippen molar-refractivity contribution in [3.8, 4) is 10.6 Å². The third-order valence-corrected chi connectivity index (χ3v) is 3.97. The second kappa shape index (κ2) is 5.67. The molecule has 1 heterocycles. The second-order valence-corrected chi connectivity index (χ2v) is 5.35. The van der Waals surface area contributed by atoms with Gasteiger partial charge in [0, 0.05) is 0 Å². The molecule has 2 aromatic rings. The van der Waals surface area contributed by atoms with E-state index in [0.29, 0.717) is 17.1 Å². The van der Waals surface area contributed by atoms with E-state index in [1.165, 1.54) is 12.1 Å². The lowest BCUT2D eigenvalue weighted by atomic mass is 10.2. The number of aromatic nitrogens is 1. The lowest BCUT2D eigenvalue weighted by Gasteiger charge is -2.01. The summed E-state index contributed by atoms with van der Waals surface area (Å²) in [5.74, 6) is -1.54. The highest BCUT2D eigenvalue weighted by Crippen LogP contribution is 2.35. The van der Waals surface area contributed by atoms with Gasteiger partial charge < -0.3 is 5.11 Å². The van der Waals surface area contributed by atoms with E-state index in [9.17, 15) is 9.18 Å². The minimum absolute atomic E-state index is 0.149. The highest BCUT2D eigenvalue weighted by atomic mass is 35.5. The number of carbonyl (C=O) groups is 1. The third-order valence-electron chi connectivity index (χ3n) is 2.56. The Hall–Kier alpha value is -1.46. The highest BCUT2D eigenvalue weighted by Gasteiger charge is 2.20. The number of carboxylic acid groups (broad SMARTS) is 1. The first kappa shape index (κ1) is 14.0. The lowest BCUT2D eigenvalue weighted by molar-refractivity contribution is 0.0700. The van der Waals surface area contributed by atoms with Crippen LogP contribution in [0.2, 0.25) is 5.02 Å². The summed E-state index contributed by atoms with van der Waals surface area (Å²) in [6.07, 6.45) is 1.32. The van der Waals surface area contributed by atoms with Crippen molar-refractivity contribution in [2.75, 3.05) is 0 Å². The molecular formula is C13H11ClFNO2S. The van der Waals surface area contributed by atoms with E-state index < -0.39 is 11.8 Å². The van der Waals surface area contributed by atoms with Crippen molar-refractivity contribution >= 4 is 28.9 Å². The molecular weight excluding hydrogens is 289 g/mol. The predicted molar refractivity (Wildman–Crippen MR) is 73.5 cm³/mol. The molecule has 2 rings (SSSR count). The van der Waals surface area contributed by atoms with E-state index in [2.05, 4.69) is 4.98 Å². The number of carboxylic acids is 1. The van der Waals surface area contributed by atoms with E-state index in [4.69, 9.17) is 16.7 Å². The molecule has 19 heavy (non-hydrogen) atoms. The van der Waals surface area contributed by atoms with Crippen molar-refractivity contribution in [3.63, 3.8) is 0 Å². The first-order valence-corrected chi connectivity index (χ1v) is 6.91. The summed E-state index contributed by atoms with van der Waals surface area (Å²) >= 11 is 6.92. The molecule has 0 fully saturated rings. The van der Waals surface area contributed by atoms with Crippen LogP contribution in [-0.4, -0.2) is 16.1 Å². The van der Waals surface area contributed by atoms with Crippen molar-refractivity contribution in [2.24, 2.45) is 0 Å². The molecule has 0 spiro atoms. The normalized spacial score (nSPS) is 10.7. The van der Waals surface area contributed by atoms with Gasteiger partial charge in [-0.1, -0.05) is 31.0 Å². The number of thiazole rings is 1. The summed E-state index contributed by atoms with van der Waals surface area (Å²) in [5, 5.41) is 9.67. The van der Waals surface area contributed by atoms with Gasteiger partial charge in [0.1, 0.15) is 15.7 Å². The molecule has 0 unspecified atom stereocenters. The van der Waals surface area contributed by atoms with Gasteiger partial charge in [0.25, 0.3) is 0 Å². The van der Waals surface area contributed by atoms with E-state index in [-0.39, 0.29) is 15.5 Å². The molecule has 3 nitrogen and oxygen atoms in total. The first-order valence-electron chi connectivity index (χ1n) is 5.72. The van der Waals surface area contributed by atoms with Crippen LogP contribution in [0.25, 0.3) is 10.6 Å². The van der Waals surface area contributed by atoms with E-state index in [0.717, 1.165) is 17.8 Å². The Morgan fingerprint density at radius 2 is 2.26 bits per heavy atom. The maximum Gasteiger partial charge on any atom is 0.347 e. The summed E-state index contributed by atoms with van der Waals surface area (Å²) in [5.41, 5.74) is 0.647. The Kier molecular flexibility index (Phi) is 4.17. The zero-order valence-electron chi connectivity index (χ0n) is 10.1. The molecule has 0 saturated carbocycles. The lowest BCUT2D eigenvalue weighted by Crippen LogP contribution is -1.98. The van der Waals surface area contributed by atoms with Crippen LogP contribution in [0.4, 0.5) is 4.39 Å². The van der Waals surface area contributed by atoms with Crippen molar-refractivity contribution in [2.45, 2.75) is 19.8 Å². The van der Waals surface area contributed by atoms with E-state index in [1.807, 2.05) is 6.92 Å². The summed E-state index contributed by atoms with van der Waals surface area (Å²) in [6.45, 7) is 1.93. The van der Waals surface area contributed by atoms with Gasteiger partial charge in [-0.15, -0.1) is 11.3 Å². The van der Waals surface area contributed by atoms with Crippen LogP contribution in [0, 0.1) is 5.82 Å². The quantitative estimate of drug-likeness (QED) is 0.918. The smallest absolute Gasteiger partial charge is 0.347 e. The van der Waals surface area contributed by atoms with Crippen LogP contribution < -0.4 is 0 Å². The summed E-state index contributed by atoms with van der Waals surface area (Å²) < 4.78 is 13.8. The Balaban J connectivity index is 2.57. The fraction of sp³-hybridized carbons (Fsp3) is 0.231. The number of halogens is 2. The summed E-state index contributed by atoms with van der Waals surface area (Å²) in [4.78, 5) is 15.5. The minimum Gasteiger partial charge on any atom is -0.477 e. The Morgan fingerprint density at radius 3 is 2.84 bits per heavy atom. The van der Waals surface area contributed by atoms with Crippen LogP contribution in [0.3, 0.4) is 0 Å². The zero-order chi connectivity index (χ0) is 14.0. The Morgan fingerprint density at radius 1 is 1.53 bits per heavy atom. The number of aromatic carboxylic acids is 1. The fourth-order valence-corrected chi connectivity index (χ4v) is 3.05. The topological polar surface area (TPSA) is 50.2 Å². The Labute approximate surface area is 118 Å². The molecule has 0 amide bonds. The van der Waals surface area contributed by atoms with Crippen LogP contribution in [-0.2, 0) is 6.42 Å². The van der Waals surface area contributed by atoms with Gasteiger partial charge in [-0.3, -0.25) is 0 Å². The molecule has 0 saturated heterocycles. The van der Waals surface area contributed by atoms with Crippen LogP contribution >= 0.6 is 22.9 Å². The highest BCUT2D eigenvalue weighted by molar-refractivity contribution is 7.17. The molecule has 0 aliphatic rings. The average Bonchev–Trinajstić information content (AvgIpc) is 2.73. The molecule has 0 aliphatic carbocycles. The number of rotatable bonds is 4. The van der Waals surface area contributed by atoms with Gasteiger partial charge in [0.15, 0.2) is 0 Å². The van der Waals surface area contributed by atoms with Gasteiger partial charge in [0.05, 0.1) is 16.3 Å². The van der Waals surface area contributed by atoms with Crippen molar-refractivity contribution in [1.29, 1.82) is 0 Å².